The van der Waals surface area contributed by atoms with E-state index >= 15 is 0 Å². The maximum atomic E-state index is 12.8. The van der Waals surface area contributed by atoms with Crippen LogP contribution >= 0.6 is 0 Å². The molecule has 0 unspecified atom stereocenters. The van der Waals surface area contributed by atoms with E-state index in [0.717, 1.165) is 22.4 Å². The van der Waals surface area contributed by atoms with Gasteiger partial charge in [-0.2, -0.15) is 0 Å². The fourth-order valence-corrected chi connectivity index (χ4v) is 3.64. The number of amides is 3. The Kier molecular flexibility index (Phi) is 5.96. The molecule has 0 aliphatic carbocycles. The molecule has 0 saturated carbocycles. The summed E-state index contributed by atoms with van der Waals surface area (Å²) in [6.07, 6.45) is 1.48. The Hall–Kier alpha value is -3.22. The van der Waals surface area contributed by atoms with Crippen LogP contribution in [0.25, 0.3) is 0 Å². The first-order chi connectivity index (χ1) is 13.8. The highest BCUT2D eigenvalue weighted by atomic mass is 16.2. The summed E-state index contributed by atoms with van der Waals surface area (Å²) in [4.78, 5) is 44.5. The molecule has 2 heterocycles. The molecule has 1 aliphatic heterocycles. The van der Waals surface area contributed by atoms with Gasteiger partial charge in [0, 0.05) is 50.6 Å². The zero-order valence-electron chi connectivity index (χ0n) is 17.3. The lowest BCUT2D eigenvalue weighted by molar-refractivity contribution is -0.130. The van der Waals surface area contributed by atoms with E-state index in [2.05, 4.69) is 10.3 Å². The average molecular weight is 394 g/mol. The number of nitrogens with one attached hydrogen (secondary N) is 1. The van der Waals surface area contributed by atoms with Crippen LogP contribution in [0.2, 0.25) is 0 Å². The lowest BCUT2D eigenvalue weighted by Crippen LogP contribution is -2.50. The second-order valence-electron chi connectivity index (χ2n) is 7.46. The van der Waals surface area contributed by atoms with Crippen LogP contribution in [0.3, 0.4) is 0 Å². The molecule has 3 rings (SSSR count). The summed E-state index contributed by atoms with van der Waals surface area (Å²) >= 11 is 0. The number of hydrogen-bond donors (Lipinski definition) is 1. The number of anilines is 1. The number of piperazine rings is 1. The standard InChI is InChI=1S/C22H26N4O3/c1-14-11-15(2)20(16(3)12-14)24-21(28)18-5-6-23-19(13-18)22(29)26-9-7-25(8-10-26)17(4)27/h5-6,11-13H,7-10H2,1-4H3,(H,24,28). The van der Waals surface area contributed by atoms with Gasteiger partial charge in [-0.1, -0.05) is 17.7 Å². The molecule has 7 nitrogen and oxygen atoms in total. The molecule has 1 fully saturated rings. The summed E-state index contributed by atoms with van der Waals surface area (Å²) in [7, 11) is 0. The lowest BCUT2D eigenvalue weighted by atomic mass is 10.0. The molecule has 0 spiro atoms. The molecular formula is C22H26N4O3. The largest absolute Gasteiger partial charge is 0.339 e. The molecule has 3 amide bonds. The minimum absolute atomic E-state index is 0.00980. The summed E-state index contributed by atoms with van der Waals surface area (Å²) in [6, 6.07) is 7.15. The molecule has 0 bridgehead atoms. The molecule has 1 N–H and O–H groups in total. The van der Waals surface area contributed by atoms with Crippen molar-refractivity contribution in [3.05, 3.63) is 58.4 Å². The van der Waals surface area contributed by atoms with Crippen LogP contribution in [0.1, 0.15) is 44.5 Å². The maximum absolute atomic E-state index is 12.8. The van der Waals surface area contributed by atoms with Crippen molar-refractivity contribution in [1.29, 1.82) is 0 Å². The fraction of sp³-hybridized carbons (Fsp3) is 0.364. The molecule has 1 aromatic heterocycles. The molecule has 29 heavy (non-hydrogen) atoms. The van der Waals surface area contributed by atoms with Crippen molar-refractivity contribution in [3.8, 4) is 0 Å². The monoisotopic (exact) mass is 394 g/mol. The van der Waals surface area contributed by atoms with Crippen LogP contribution in [-0.2, 0) is 4.79 Å². The SMILES string of the molecule is CC(=O)N1CCN(C(=O)c2cc(C(=O)Nc3c(C)cc(C)cc3C)ccn2)CC1. The zero-order valence-corrected chi connectivity index (χ0v) is 17.3. The molecule has 2 aromatic rings. The Morgan fingerprint density at radius 3 is 2.10 bits per heavy atom. The second kappa shape index (κ2) is 8.43. The van der Waals surface area contributed by atoms with Crippen LogP contribution in [0, 0.1) is 20.8 Å². The van der Waals surface area contributed by atoms with E-state index in [1.165, 1.54) is 19.2 Å². The van der Waals surface area contributed by atoms with Crippen LogP contribution < -0.4 is 5.32 Å². The van der Waals surface area contributed by atoms with Crippen molar-refractivity contribution in [2.45, 2.75) is 27.7 Å². The number of nitrogens with zero attached hydrogens (tertiary/aromatic N) is 3. The highest BCUT2D eigenvalue weighted by Gasteiger charge is 2.24. The number of rotatable bonds is 3. The molecule has 1 aliphatic rings. The minimum Gasteiger partial charge on any atom is -0.339 e. The normalized spacial score (nSPS) is 13.9. The van der Waals surface area contributed by atoms with E-state index in [1.807, 2.05) is 32.9 Å². The van der Waals surface area contributed by atoms with E-state index in [1.54, 1.807) is 15.9 Å². The predicted octanol–water partition coefficient (Wildman–Crippen LogP) is 2.56. The zero-order chi connectivity index (χ0) is 21.1. The summed E-state index contributed by atoms with van der Waals surface area (Å²) < 4.78 is 0. The number of pyridine rings is 1. The molecule has 1 aromatic carbocycles. The molecular weight excluding hydrogens is 368 g/mol. The van der Waals surface area contributed by atoms with Crippen LogP contribution in [-0.4, -0.2) is 58.7 Å². The number of aryl methyl sites for hydroxylation is 3. The third-order valence-electron chi connectivity index (χ3n) is 5.17. The summed E-state index contributed by atoms with van der Waals surface area (Å²) in [5.74, 6) is -0.501. The van der Waals surface area contributed by atoms with E-state index in [-0.39, 0.29) is 23.4 Å². The molecule has 0 radical (unpaired) electrons. The topological polar surface area (TPSA) is 82.6 Å². The van der Waals surface area contributed by atoms with E-state index in [4.69, 9.17) is 0 Å². The van der Waals surface area contributed by atoms with Crippen molar-refractivity contribution in [2.24, 2.45) is 0 Å². The summed E-state index contributed by atoms with van der Waals surface area (Å²) in [6.45, 7) is 9.38. The van der Waals surface area contributed by atoms with Gasteiger partial charge in [0.1, 0.15) is 5.69 Å². The Morgan fingerprint density at radius 1 is 0.931 bits per heavy atom. The van der Waals surface area contributed by atoms with Crippen molar-refractivity contribution in [3.63, 3.8) is 0 Å². The molecule has 1 saturated heterocycles. The van der Waals surface area contributed by atoms with Crippen LogP contribution in [0.5, 0.6) is 0 Å². The van der Waals surface area contributed by atoms with Gasteiger partial charge in [0.05, 0.1) is 0 Å². The van der Waals surface area contributed by atoms with E-state index < -0.39 is 0 Å². The van der Waals surface area contributed by atoms with Gasteiger partial charge in [0.15, 0.2) is 0 Å². The molecule has 152 valence electrons. The van der Waals surface area contributed by atoms with Gasteiger partial charge in [-0.3, -0.25) is 19.4 Å². The van der Waals surface area contributed by atoms with Crippen LogP contribution in [0.4, 0.5) is 5.69 Å². The summed E-state index contributed by atoms with van der Waals surface area (Å²) in [5.41, 5.74) is 4.51. The Labute approximate surface area is 170 Å². The quantitative estimate of drug-likeness (QED) is 0.867. The molecule has 7 heteroatoms. The van der Waals surface area contributed by atoms with E-state index in [0.29, 0.717) is 31.7 Å². The highest BCUT2D eigenvalue weighted by Crippen LogP contribution is 2.22. The van der Waals surface area contributed by atoms with Gasteiger partial charge in [-0.05, 0) is 44.0 Å². The average Bonchev–Trinajstić information content (AvgIpc) is 2.70. The maximum Gasteiger partial charge on any atom is 0.272 e. The van der Waals surface area contributed by atoms with Crippen molar-refractivity contribution >= 4 is 23.4 Å². The van der Waals surface area contributed by atoms with Crippen molar-refractivity contribution in [1.82, 2.24) is 14.8 Å². The first-order valence-electron chi connectivity index (χ1n) is 9.66. The minimum atomic E-state index is -0.280. The molecule has 0 atom stereocenters. The van der Waals surface area contributed by atoms with Gasteiger partial charge < -0.3 is 15.1 Å². The number of carbonyl (C=O) groups is 3. The van der Waals surface area contributed by atoms with Gasteiger partial charge in [0.2, 0.25) is 5.91 Å². The first-order valence-corrected chi connectivity index (χ1v) is 9.66. The van der Waals surface area contributed by atoms with Gasteiger partial charge in [-0.25, -0.2) is 0 Å². The smallest absolute Gasteiger partial charge is 0.272 e. The third kappa shape index (κ3) is 4.62. The number of benzene rings is 1. The van der Waals surface area contributed by atoms with E-state index in [9.17, 15) is 14.4 Å². The first kappa shape index (κ1) is 20.5. The number of aromatic nitrogens is 1. The van der Waals surface area contributed by atoms with Gasteiger partial charge in [0.25, 0.3) is 11.8 Å². The third-order valence-corrected chi connectivity index (χ3v) is 5.17. The van der Waals surface area contributed by atoms with Crippen LogP contribution in [0.15, 0.2) is 30.5 Å². The van der Waals surface area contributed by atoms with Gasteiger partial charge in [-0.15, -0.1) is 0 Å². The van der Waals surface area contributed by atoms with Gasteiger partial charge >= 0.3 is 0 Å². The predicted molar refractivity (Wildman–Crippen MR) is 111 cm³/mol. The van der Waals surface area contributed by atoms with Crippen molar-refractivity contribution < 1.29 is 14.4 Å². The Balaban J connectivity index is 1.73. The Morgan fingerprint density at radius 2 is 1.52 bits per heavy atom. The number of carbonyl (C=O) groups excluding carboxylic acids is 3. The van der Waals surface area contributed by atoms with Crippen molar-refractivity contribution in [2.75, 3.05) is 31.5 Å². The summed E-state index contributed by atoms with van der Waals surface area (Å²) in [5, 5.41) is 2.95. The Bertz CT molecular complexity index is 939. The number of hydrogen-bond acceptors (Lipinski definition) is 4. The highest BCUT2D eigenvalue weighted by molar-refractivity contribution is 6.06. The lowest BCUT2D eigenvalue weighted by Gasteiger charge is -2.34. The fourth-order valence-electron chi connectivity index (χ4n) is 3.64. The second-order valence-corrected chi connectivity index (χ2v) is 7.46.